The quantitative estimate of drug-likeness (QED) is 0.830. The van der Waals surface area contributed by atoms with Crippen LogP contribution < -0.4 is 5.32 Å². The van der Waals surface area contributed by atoms with E-state index in [0.29, 0.717) is 12.0 Å². The van der Waals surface area contributed by atoms with Gasteiger partial charge in [-0.15, -0.1) is 0 Å². The molecular weight excluding hydrogens is 268 g/mol. The van der Waals surface area contributed by atoms with Crippen LogP contribution >= 0.6 is 0 Å². The van der Waals surface area contributed by atoms with Crippen molar-refractivity contribution in [3.05, 3.63) is 36.0 Å². The van der Waals surface area contributed by atoms with Crippen molar-refractivity contribution < 1.29 is 14.3 Å². The second-order valence-corrected chi connectivity index (χ2v) is 5.46. The fourth-order valence-corrected chi connectivity index (χ4v) is 2.26. The smallest absolute Gasteiger partial charge is 0.328 e. The summed E-state index contributed by atoms with van der Waals surface area (Å²) in [5.41, 5.74) is 1.50. The number of benzene rings is 1. The SMILES string of the molecule is COC(=O)C(CC(C)C)NC(=O)c1ccc2[nH]ccc2c1. The fourth-order valence-electron chi connectivity index (χ4n) is 2.26. The average molecular weight is 288 g/mol. The molecular formula is C16H20N2O3. The molecule has 0 saturated heterocycles. The van der Waals surface area contributed by atoms with Crippen LogP contribution in [0.3, 0.4) is 0 Å². The Kier molecular flexibility index (Phi) is 4.62. The van der Waals surface area contributed by atoms with Crippen molar-refractivity contribution in [2.24, 2.45) is 5.92 Å². The first-order valence-electron chi connectivity index (χ1n) is 6.97. The maximum atomic E-state index is 12.3. The molecule has 0 saturated carbocycles. The predicted molar refractivity (Wildman–Crippen MR) is 81.0 cm³/mol. The highest BCUT2D eigenvalue weighted by Gasteiger charge is 2.23. The molecule has 1 heterocycles. The van der Waals surface area contributed by atoms with E-state index >= 15 is 0 Å². The molecule has 1 aromatic carbocycles. The largest absolute Gasteiger partial charge is 0.467 e. The van der Waals surface area contributed by atoms with E-state index in [0.717, 1.165) is 10.9 Å². The third kappa shape index (κ3) is 3.62. The van der Waals surface area contributed by atoms with Crippen LogP contribution in [-0.4, -0.2) is 30.0 Å². The highest BCUT2D eigenvalue weighted by molar-refractivity contribution is 5.99. The number of carbonyl (C=O) groups excluding carboxylic acids is 2. The molecule has 0 aliphatic carbocycles. The topological polar surface area (TPSA) is 71.2 Å². The number of H-pyrrole nitrogens is 1. The van der Waals surface area contributed by atoms with Gasteiger partial charge >= 0.3 is 5.97 Å². The van der Waals surface area contributed by atoms with Crippen LogP contribution in [0, 0.1) is 5.92 Å². The lowest BCUT2D eigenvalue weighted by Crippen LogP contribution is -2.42. The summed E-state index contributed by atoms with van der Waals surface area (Å²) >= 11 is 0. The van der Waals surface area contributed by atoms with Crippen LogP contribution in [0.15, 0.2) is 30.5 Å². The number of nitrogens with one attached hydrogen (secondary N) is 2. The van der Waals surface area contributed by atoms with E-state index in [-0.39, 0.29) is 11.8 Å². The summed E-state index contributed by atoms with van der Waals surface area (Å²) < 4.78 is 4.75. The van der Waals surface area contributed by atoms with Gasteiger partial charge in [0.15, 0.2) is 0 Å². The van der Waals surface area contributed by atoms with Gasteiger partial charge in [0, 0.05) is 22.7 Å². The molecule has 2 rings (SSSR count). The maximum absolute atomic E-state index is 12.3. The Labute approximate surface area is 123 Å². The van der Waals surface area contributed by atoms with E-state index in [2.05, 4.69) is 10.3 Å². The number of fused-ring (bicyclic) bond motifs is 1. The first kappa shape index (κ1) is 15.1. The molecule has 1 amide bonds. The highest BCUT2D eigenvalue weighted by Crippen LogP contribution is 2.15. The minimum absolute atomic E-state index is 0.269. The minimum Gasteiger partial charge on any atom is -0.467 e. The van der Waals surface area contributed by atoms with Crippen molar-refractivity contribution in [3.63, 3.8) is 0 Å². The van der Waals surface area contributed by atoms with Crippen LogP contribution in [0.25, 0.3) is 10.9 Å². The van der Waals surface area contributed by atoms with Gasteiger partial charge in [-0.25, -0.2) is 4.79 Å². The van der Waals surface area contributed by atoms with Crippen molar-refractivity contribution in [3.8, 4) is 0 Å². The monoisotopic (exact) mass is 288 g/mol. The molecule has 0 bridgehead atoms. The standard InChI is InChI=1S/C16H20N2O3/c1-10(2)8-14(16(20)21-3)18-15(19)12-4-5-13-11(9-12)6-7-17-13/h4-7,9-10,14,17H,8H2,1-3H3,(H,18,19). The third-order valence-corrected chi connectivity index (χ3v) is 3.31. The van der Waals surface area contributed by atoms with E-state index in [1.807, 2.05) is 32.2 Å². The second-order valence-electron chi connectivity index (χ2n) is 5.46. The van der Waals surface area contributed by atoms with Crippen LogP contribution in [-0.2, 0) is 9.53 Å². The second kappa shape index (κ2) is 6.43. The molecule has 0 aliphatic rings. The normalized spacial score (nSPS) is 12.4. The van der Waals surface area contributed by atoms with Crippen LogP contribution in [0.4, 0.5) is 0 Å². The van der Waals surface area contributed by atoms with Crippen LogP contribution in [0.5, 0.6) is 0 Å². The Balaban J connectivity index is 2.15. The summed E-state index contributed by atoms with van der Waals surface area (Å²) in [5, 5.41) is 3.71. The Morgan fingerprint density at radius 1 is 1.29 bits per heavy atom. The number of ether oxygens (including phenoxy) is 1. The van der Waals surface area contributed by atoms with E-state index in [1.54, 1.807) is 12.1 Å². The zero-order valence-electron chi connectivity index (χ0n) is 12.5. The zero-order chi connectivity index (χ0) is 15.4. The van der Waals surface area contributed by atoms with Gasteiger partial charge in [-0.05, 0) is 36.6 Å². The Morgan fingerprint density at radius 3 is 2.71 bits per heavy atom. The van der Waals surface area contributed by atoms with E-state index < -0.39 is 12.0 Å². The lowest BCUT2D eigenvalue weighted by atomic mass is 10.0. The Morgan fingerprint density at radius 2 is 2.05 bits per heavy atom. The predicted octanol–water partition coefficient (Wildman–Crippen LogP) is 2.49. The molecule has 5 nitrogen and oxygen atoms in total. The van der Waals surface area contributed by atoms with Crippen molar-refractivity contribution in [2.75, 3.05) is 7.11 Å². The molecule has 112 valence electrons. The number of aromatic amines is 1. The number of aromatic nitrogens is 1. The minimum atomic E-state index is -0.621. The summed E-state index contributed by atoms with van der Waals surface area (Å²) in [5.74, 6) is -0.407. The lowest BCUT2D eigenvalue weighted by molar-refractivity contribution is -0.143. The molecule has 2 aromatic rings. The summed E-state index contributed by atoms with van der Waals surface area (Å²) in [6.45, 7) is 3.99. The third-order valence-electron chi connectivity index (χ3n) is 3.31. The Bertz CT molecular complexity index is 646. The van der Waals surface area contributed by atoms with Crippen LogP contribution in [0.2, 0.25) is 0 Å². The van der Waals surface area contributed by atoms with Crippen molar-refractivity contribution >= 4 is 22.8 Å². The number of hydrogen-bond donors (Lipinski definition) is 2. The first-order valence-corrected chi connectivity index (χ1v) is 6.97. The molecule has 1 atom stereocenters. The van der Waals surface area contributed by atoms with Crippen LogP contribution in [0.1, 0.15) is 30.6 Å². The number of amides is 1. The number of carbonyl (C=O) groups is 2. The summed E-state index contributed by atoms with van der Waals surface area (Å²) in [6, 6.07) is 6.66. The fraction of sp³-hybridized carbons (Fsp3) is 0.375. The number of hydrogen-bond acceptors (Lipinski definition) is 3. The molecule has 0 radical (unpaired) electrons. The number of esters is 1. The van der Waals surface area contributed by atoms with Gasteiger partial charge < -0.3 is 15.0 Å². The summed E-state index contributed by atoms with van der Waals surface area (Å²) in [6.07, 6.45) is 2.37. The highest BCUT2D eigenvalue weighted by atomic mass is 16.5. The molecule has 5 heteroatoms. The van der Waals surface area contributed by atoms with Gasteiger partial charge in [-0.1, -0.05) is 13.8 Å². The van der Waals surface area contributed by atoms with Gasteiger partial charge in [-0.3, -0.25) is 4.79 Å². The average Bonchev–Trinajstić information content (AvgIpc) is 2.92. The van der Waals surface area contributed by atoms with Crippen molar-refractivity contribution in [1.82, 2.24) is 10.3 Å². The van der Waals surface area contributed by atoms with Gasteiger partial charge in [-0.2, -0.15) is 0 Å². The Hall–Kier alpha value is -2.30. The lowest BCUT2D eigenvalue weighted by Gasteiger charge is -2.18. The molecule has 21 heavy (non-hydrogen) atoms. The van der Waals surface area contributed by atoms with Crippen molar-refractivity contribution in [1.29, 1.82) is 0 Å². The van der Waals surface area contributed by atoms with E-state index in [1.165, 1.54) is 7.11 Å². The van der Waals surface area contributed by atoms with Gasteiger partial charge in [0.2, 0.25) is 0 Å². The molecule has 1 unspecified atom stereocenters. The van der Waals surface area contributed by atoms with Crippen molar-refractivity contribution in [2.45, 2.75) is 26.3 Å². The first-order chi connectivity index (χ1) is 10.0. The summed E-state index contributed by atoms with van der Waals surface area (Å²) in [7, 11) is 1.33. The summed E-state index contributed by atoms with van der Waals surface area (Å²) in [4.78, 5) is 27.1. The van der Waals surface area contributed by atoms with E-state index in [4.69, 9.17) is 4.74 Å². The molecule has 0 fully saturated rings. The number of methoxy groups -OCH3 is 1. The molecule has 0 aliphatic heterocycles. The number of rotatable bonds is 5. The van der Waals surface area contributed by atoms with E-state index in [9.17, 15) is 9.59 Å². The van der Waals surface area contributed by atoms with Gasteiger partial charge in [0.25, 0.3) is 5.91 Å². The van der Waals surface area contributed by atoms with Gasteiger partial charge in [0.05, 0.1) is 7.11 Å². The molecule has 1 aromatic heterocycles. The maximum Gasteiger partial charge on any atom is 0.328 e. The van der Waals surface area contributed by atoms with Gasteiger partial charge in [0.1, 0.15) is 6.04 Å². The molecule has 2 N–H and O–H groups in total. The molecule has 0 spiro atoms. The zero-order valence-corrected chi connectivity index (χ0v) is 12.5.